The SMILES string of the molecule is COCCNC(=O)[C@@H](CNC(=O)[C@@H](Cc1ccc2ccccc2c1)N(C)C(=O)/C=C/CC(C)(C)N)Cc1ccccc1. The first-order valence-electron chi connectivity index (χ1n) is 14.4. The molecule has 0 radical (unpaired) electrons. The number of carbonyl (C=O) groups excluding carboxylic acids is 3. The van der Waals surface area contributed by atoms with Crippen molar-refractivity contribution >= 4 is 28.5 Å². The fourth-order valence-electron chi connectivity index (χ4n) is 4.65. The van der Waals surface area contributed by atoms with Gasteiger partial charge in [-0.25, -0.2) is 0 Å². The molecular weight excluding hydrogens is 528 g/mol. The molecule has 0 fully saturated rings. The lowest BCUT2D eigenvalue weighted by Crippen LogP contribution is -2.50. The van der Waals surface area contributed by atoms with Crippen molar-refractivity contribution in [3.05, 3.63) is 96.1 Å². The average molecular weight is 573 g/mol. The van der Waals surface area contributed by atoms with E-state index < -0.39 is 17.5 Å². The monoisotopic (exact) mass is 572 g/mol. The maximum atomic E-state index is 13.7. The highest BCUT2D eigenvalue weighted by Gasteiger charge is 2.28. The van der Waals surface area contributed by atoms with Gasteiger partial charge in [-0.15, -0.1) is 0 Å². The van der Waals surface area contributed by atoms with E-state index in [2.05, 4.69) is 10.6 Å². The molecule has 0 bridgehead atoms. The predicted octanol–water partition coefficient (Wildman–Crippen LogP) is 3.63. The van der Waals surface area contributed by atoms with Crippen molar-refractivity contribution in [2.24, 2.45) is 11.7 Å². The Balaban J connectivity index is 1.80. The van der Waals surface area contributed by atoms with E-state index >= 15 is 0 Å². The summed E-state index contributed by atoms with van der Waals surface area (Å²) in [6.07, 6.45) is 4.51. The van der Waals surface area contributed by atoms with Crippen LogP contribution in [0.4, 0.5) is 0 Å². The largest absolute Gasteiger partial charge is 0.383 e. The highest BCUT2D eigenvalue weighted by molar-refractivity contribution is 5.93. The van der Waals surface area contributed by atoms with Gasteiger partial charge in [0.1, 0.15) is 6.04 Å². The molecule has 0 aliphatic rings. The van der Waals surface area contributed by atoms with Crippen molar-refractivity contribution in [2.45, 2.75) is 44.7 Å². The molecule has 0 saturated carbocycles. The van der Waals surface area contributed by atoms with Gasteiger partial charge in [-0.1, -0.05) is 78.9 Å². The van der Waals surface area contributed by atoms with Crippen LogP contribution in [0.2, 0.25) is 0 Å². The molecule has 3 aromatic rings. The summed E-state index contributed by atoms with van der Waals surface area (Å²) >= 11 is 0. The quantitative estimate of drug-likeness (QED) is 0.190. The maximum Gasteiger partial charge on any atom is 0.246 e. The number of nitrogens with two attached hydrogens (primary N) is 1. The summed E-state index contributed by atoms with van der Waals surface area (Å²) in [5.74, 6) is -1.28. The summed E-state index contributed by atoms with van der Waals surface area (Å²) in [6.45, 7) is 4.67. The first-order valence-corrected chi connectivity index (χ1v) is 14.4. The molecule has 0 spiro atoms. The van der Waals surface area contributed by atoms with Crippen molar-refractivity contribution in [1.29, 1.82) is 0 Å². The fourth-order valence-corrected chi connectivity index (χ4v) is 4.65. The van der Waals surface area contributed by atoms with E-state index in [0.717, 1.165) is 21.9 Å². The number of rotatable bonds is 15. The van der Waals surface area contributed by atoms with E-state index in [0.29, 0.717) is 32.4 Å². The Morgan fingerprint density at radius 2 is 1.60 bits per heavy atom. The van der Waals surface area contributed by atoms with Gasteiger partial charge in [-0.05, 0) is 54.7 Å². The van der Waals surface area contributed by atoms with Crippen LogP contribution in [0.5, 0.6) is 0 Å². The molecule has 0 aliphatic heterocycles. The zero-order chi connectivity index (χ0) is 30.5. The van der Waals surface area contributed by atoms with Gasteiger partial charge >= 0.3 is 0 Å². The van der Waals surface area contributed by atoms with Gasteiger partial charge in [0.2, 0.25) is 17.7 Å². The van der Waals surface area contributed by atoms with E-state index in [9.17, 15) is 14.4 Å². The number of ether oxygens (including phenoxy) is 1. The summed E-state index contributed by atoms with van der Waals surface area (Å²) < 4.78 is 5.06. The minimum absolute atomic E-state index is 0.125. The lowest BCUT2D eigenvalue weighted by molar-refractivity contribution is -0.136. The number of hydrogen-bond donors (Lipinski definition) is 3. The van der Waals surface area contributed by atoms with E-state index in [4.69, 9.17) is 10.5 Å². The van der Waals surface area contributed by atoms with Crippen molar-refractivity contribution in [3.8, 4) is 0 Å². The van der Waals surface area contributed by atoms with Crippen LogP contribution in [0.3, 0.4) is 0 Å². The summed E-state index contributed by atoms with van der Waals surface area (Å²) in [5.41, 5.74) is 7.53. The number of benzene rings is 3. The minimum atomic E-state index is -0.789. The molecule has 3 aromatic carbocycles. The molecule has 42 heavy (non-hydrogen) atoms. The third-order valence-electron chi connectivity index (χ3n) is 7.09. The molecule has 0 aliphatic carbocycles. The summed E-state index contributed by atoms with van der Waals surface area (Å²) in [5, 5.41) is 8.03. The lowest BCUT2D eigenvalue weighted by atomic mass is 9.97. The van der Waals surface area contributed by atoms with Crippen LogP contribution in [0.1, 0.15) is 31.4 Å². The van der Waals surface area contributed by atoms with Gasteiger partial charge in [0, 0.05) is 39.2 Å². The van der Waals surface area contributed by atoms with Crippen LogP contribution in [-0.4, -0.2) is 68.1 Å². The Bertz CT molecular complexity index is 1350. The van der Waals surface area contributed by atoms with Crippen LogP contribution in [0.15, 0.2) is 84.9 Å². The number of likely N-dealkylation sites (N-methyl/N-ethyl adjacent to an activating group) is 1. The van der Waals surface area contributed by atoms with Crippen molar-refractivity contribution in [2.75, 3.05) is 33.9 Å². The van der Waals surface area contributed by atoms with Crippen LogP contribution >= 0.6 is 0 Å². The van der Waals surface area contributed by atoms with Gasteiger partial charge in [0.15, 0.2) is 0 Å². The topological polar surface area (TPSA) is 114 Å². The first-order chi connectivity index (χ1) is 20.1. The average Bonchev–Trinajstić information content (AvgIpc) is 2.97. The zero-order valence-corrected chi connectivity index (χ0v) is 25.1. The second-order valence-electron chi connectivity index (χ2n) is 11.4. The van der Waals surface area contributed by atoms with E-state index in [1.54, 1.807) is 20.2 Å². The number of nitrogens with one attached hydrogen (secondary N) is 2. The Kier molecular flexibility index (Phi) is 12.3. The number of amides is 3. The first kappa shape index (κ1) is 32.5. The molecule has 8 heteroatoms. The molecule has 3 amide bonds. The normalized spacial score (nSPS) is 13.1. The molecule has 0 heterocycles. The smallest absolute Gasteiger partial charge is 0.246 e. The number of hydrogen-bond acceptors (Lipinski definition) is 5. The lowest BCUT2D eigenvalue weighted by Gasteiger charge is -2.28. The third-order valence-corrected chi connectivity index (χ3v) is 7.09. The zero-order valence-electron chi connectivity index (χ0n) is 25.1. The Hall–Kier alpha value is -4.01. The van der Waals surface area contributed by atoms with Gasteiger partial charge in [0.05, 0.1) is 12.5 Å². The van der Waals surface area contributed by atoms with Crippen LogP contribution in [-0.2, 0) is 32.0 Å². The number of fused-ring (bicyclic) bond motifs is 1. The Labute approximate surface area is 249 Å². The van der Waals surface area contributed by atoms with E-state index in [1.807, 2.05) is 86.6 Å². The standard InChI is InChI=1S/C34H44N4O4/c1-34(2,35)18-10-15-31(39)38(3)30(23-26-16-17-27-13-8-9-14-28(27)22-26)33(41)37-24-29(32(40)36-19-20-42-4)21-25-11-6-5-7-12-25/h5-17,22,29-30H,18-21,23-24,35H2,1-4H3,(H,36,40)(H,37,41)/b15-10+/t29-,30-/m1/s1. The van der Waals surface area contributed by atoms with Gasteiger partial charge in [-0.2, -0.15) is 0 Å². The van der Waals surface area contributed by atoms with E-state index in [-0.39, 0.29) is 24.3 Å². The van der Waals surface area contributed by atoms with Crippen molar-refractivity contribution < 1.29 is 19.1 Å². The van der Waals surface area contributed by atoms with Crippen molar-refractivity contribution in [3.63, 3.8) is 0 Å². The number of carbonyl (C=O) groups is 3. The molecule has 0 unspecified atom stereocenters. The van der Waals surface area contributed by atoms with Gasteiger partial charge < -0.3 is 26.0 Å². The minimum Gasteiger partial charge on any atom is -0.383 e. The summed E-state index contributed by atoms with van der Waals surface area (Å²) in [4.78, 5) is 41.4. The van der Waals surface area contributed by atoms with Crippen LogP contribution in [0.25, 0.3) is 10.8 Å². The molecule has 2 atom stereocenters. The van der Waals surface area contributed by atoms with E-state index in [1.165, 1.54) is 11.0 Å². The summed E-state index contributed by atoms with van der Waals surface area (Å²) in [6, 6.07) is 23.0. The predicted molar refractivity (Wildman–Crippen MR) is 168 cm³/mol. The third kappa shape index (κ3) is 10.4. The van der Waals surface area contributed by atoms with Gasteiger partial charge in [-0.3, -0.25) is 14.4 Å². The highest BCUT2D eigenvalue weighted by Crippen LogP contribution is 2.18. The van der Waals surface area contributed by atoms with Crippen LogP contribution in [0, 0.1) is 5.92 Å². The molecule has 8 nitrogen and oxygen atoms in total. The molecular formula is C34H44N4O4. The maximum absolute atomic E-state index is 13.7. The molecule has 0 saturated heterocycles. The second kappa shape index (κ2) is 15.8. The highest BCUT2D eigenvalue weighted by atomic mass is 16.5. The molecule has 4 N–H and O–H groups in total. The molecule has 0 aromatic heterocycles. The Morgan fingerprint density at radius 3 is 2.29 bits per heavy atom. The Morgan fingerprint density at radius 1 is 0.905 bits per heavy atom. The fraction of sp³-hybridized carbons (Fsp3) is 0.382. The molecule has 224 valence electrons. The number of nitrogens with zero attached hydrogens (tertiary/aromatic N) is 1. The van der Waals surface area contributed by atoms with Gasteiger partial charge in [0.25, 0.3) is 0 Å². The van der Waals surface area contributed by atoms with Crippen molar-refractivity contribution in [1.82, 2.24) is 15.5 Å². The molecule has 3 rings (SSSR count). The second-order valence-corrected chi connectivity index (χ2v) is 11.4. The van der Waals surface area contributed by atoms with Crippen LogP contribution < -0.4 is 16.4 Å². The number of methoxy groups -OCH3 is 1. The summed E-state index contributed by atoms with van der Waals surface area (Å²) in [7, 11) is 3.21.